The molecule has 0 saturated heterocycles. The summed E-state index contributed by atoms with van der Waals surface area (Å²) in [7, 11) is 0. The lowest BCUT2D eigenvalue weighted by Crippen LogP contribution is -2.04. The predicted molar refractivity (Wildman–Crippen MR) is 49.4 cm³/mol. The normalized spacial score (nSPS) is 26.2. The van der Waals surface area contributed by atoms with Gasteiger partial charge in [0.05, 0.1) is 0 Å². The molecule has 0 radical (unpaired) electrons. The maximum absolute atomic E-state index is 13.2. The van der Waals surface area contributed by atoms with Gasteiger partial charge in [-0.3, -0.25) is 0 Å². The van der Waals surface area contributed by atoms with Gasteiger partial charge in [-0.15, -0.1) is 0 Å². The van der Waals surface area contributed by atoms with E-state index in [-0.39, 0.29) is 17.5 Å². The van der Waals surface area contributed by atoms with Gasteiger partial charge in [-0.1, -0.05) is 15.9 Å². The number of hydrogen-bond acceptors (Lipinski definition) is 1. The molecule has 0 spiro atoms. The topological polar surface area (TPSA) is 26.0 Å². The molecule has 70 valence electrons. The minimum atomic E-state index is -0.509. The molecular formula is C9H8BrF2N. The third-order valence-corrected chi connectivity index (χ3v) is 2.71. The highest BCUT2D eigenvalue weighted by molar-refractivity contribution is 9.10. The fourth-order valence-electron chi connectivity index (χ4n) is 1.45. The van der Waals surface area contributed by atoms with Crippen LogP contribution in [0.2, 0.25) is 0 Å². The van der Waals surface area contributed by atoms with Crippen molar-refractivity contribution in [1.29, 1.82) is 0 Å². The highest BCUT2D eigenvalue weighted by Crippen LogP contribution is 2.42. The molecule has 1 aliphatic rings. The van der Waals surface area contributed by atoms with Crippen LogP contribution in [-0.2, 0) is 0 Å². The number of benzene rings is 1. The molecule has 4 heteroatoms. The molecule has 0 amide bonds. The van der Waals surface area contributed by atoms with E-state index >= 15 is 0 Å². The summed E-state index contributed by atoms with van der Waals surface area (Å²) in [5.41, 5.74) is 5.66. The molecule has 1 fully saturated rings. The van der Waals surface area contributed by atoms with Gasteiger partial charge in [-0.2, -0.15) is 0 Å². The molecule has 1 saturated carbocycles. The van der Waals surface area contributed by atoms with E-state index in [9.17, 15) is 8.78 Å². The van der Waals surface area contributed by atoms with Crippen LogP contribution in [0.5, 0.6) is 0 Å². The maximum atomic E-state index is 13.2. The van der Waals surface area contributed by atoms with E-state index in [0.29, 0.717) is 10.9 Å². The second-order valence-corrected chi connectivity index (χ2v) is 4.20. The van der Waals surface area contributed by atoms with E-state index in [0.717, 1.165) is 0 Å². The Bertz CT molecular complexity index is 330. The van der Waals surface area contributed by atoms with E-state index in [4.69, 9.17) is 5.73 Å². The van der Waals surface area contributed by atoms with Crippen molar-refractivity contribution in [3.05, 3.63) is 33.8 Å². The van der Waals surface area contributed by atoms with Crippen LogP contribution in [-0.4, -0.2) is 6.04 Å². The van der Waals surface area contributed by atoms with Gasteiger partial charge in [0.1, 0.15) is 11.6 Å². The molecule has 13 heavy (non-hydrogen) atoms. The van der Waals surface area contributed by atoms with Crippen molar-refractivity contribution in [2.24, 2.45) is 5.73 Å². The van der Waals surface area contributed by atoms with Crippen molar-refractivity contribution in [3.63, 3.8) is 0 Å². The fourth-order valence-corrected chi connectivity index (χ4v) is 1.86. The number of nitrogens with two attached hydrogens (primary N) is 1. The molecule has 2 rings (SSSR count). The van der Waals surface area contributed by atoms with Gasteiger partial charge >= 0.3 is 0 Å². The second-order valence-electron chi connectivity index (χ2n) is 3.29. The zero-order valence-electron chi connectivity index (χ0n) is 6.73. The molecule has 0 bridgehead atoms. The SMILES string of the molecule is N[C@@H]1C[C@H]1c1c(F)cc(Br)cc1F. The Kier molecular flexibility index (Phi) is 2.12. The molecule has 0 unspecified atom stereocenters. The molecule has 0 aromatic heterocycles. The van der Waals surface area contributed by atoms with Crippen LogP contribution in [0.1, 0.15) is 17.9 Å². The first-order valence-electron chi connectivity index (χ1n) is 3.99. The summed E-state index contributed by atoms with van der Waals surface area (Å²) in [5.74, 6) is -1.15. The second kappa shape index (κ2) is 3.03. The Labute approximate surface area is 83.1 Å². The lowest BCUT2D eigenvalue weighted by atomic mass is 10.1. The Morgan fingerprint density at radius 3 is 2.15 bits per heavy atom. The van der Waals surface area contributed by atoms with Crippen molar-refractivity contribution in [2.45, 2.75) is 18.4 Å². The summed E-state index contributed by atoms with van der Waals surface area (Å²) in [4.78, 5) is 0. The quantitative estimate of drug-likeness (QED) is 0.811. The van der Waals surface area contributed by atoms with Gasteiger partial charge in [0.2, 0.25) is 0 Å². The largest absolute Gasteiger partial charge is 0.327 e. The van der Waals surface area contributed by atoms with Crippen LogP contribution >= 0.6 is 15.9 Å². The smallest absolute Gasteiger partial charge is 0.130 e. The molecule has 2 N–H and O–H groups in total. The maximum Gasteiger partial charge on any atom is 0.130 e. The number of rotatable bonds is 1. The molecular weight excluding hydrogens is 240 g/mol. The molecule has 1 aliphatic carbocycles. The van der Waals surface area contributed by atoms with Gasteiger partial charge < -0.3 is 5.73 Å². The summed E-state index contributed by atoms with van der Waals surface area (Å²) in [6.07, 6.45) is 0.676. The molecule has 1 aromatic rings. The number of halogens is 3. The first-order valence-corrected chi connectivity index (χ1v) is 4.79. The molecule has 1 nitrogen and oxygen atoms in total. The predicted octanol–water partition coefficient (Wildman–Crippen LogP) is 2.54. The van der Waals surface area contributed by atoms with Crippen molar-refractivity contribution in [2.75, 3.05) is 0 Å². The average molecular weight is 248 g/mol. The van der Waals surface area contributed by atoms with Crippen molar-refractivity contribution in [3.8, 4) is 0 Å². The first-order chi connectivity index (χ1) is 6.09. The zero-order valence-corrected chi connectivity index (χ0v) is 8.31. The van der Waals surface area contributed by atoms with Gasteiger partial charge in [0.15, 0.2) is 0 Å². The van der Waals surface area contributed by atoms with Crippen LogP contribution < -0.4 is 5.73 Å². The van der Waals surface area contributed by atoms with Gasteiger partial charge in [-0.25, -0.2) is 8.78 Å². The van der Waals surface area contributed by atoms with Gasteiger partial charge in [-0.05, 0) is 18.6 Å². The molecule has 0 heterocycles. The highest BCUT2D eigenvalue weighted by atomic mass is 79.9. The van der Waals surface area contributed by atoms with Gasteiger partial charge in [0.25, 0.3) is 0 Å². The van der Waals surface area contributed by atoms with E-state index in [1.165, 1.54) is 12.1 Å². The summed E-state index contributed by atoms with van der Waals surface area (Å²) in [6, 6.07) is 2.46. The van der Waals surface area contributed by atoms with Crippen LogP contribution in [0, 0.1) is 11.6 Å². The fraction of sp³-hybridized carbons (Fsp3) is 0.333. The summed E-state index contributed by atoms with van der Waals surface area (Å²) < 4.78 is 26.9. The monoisotopic (exact) mass is 247 g/mol. The minimum absolute atomic E-state index is 0.0785. The molecule has 1 aromatic carbocycles. The zero-order chi connectivity index (χ0) is 9.59. The molecule has 2 atom stereocenters. The molecule has 0 aliphatic heterocycles. The standard InChI is InChI=1S/C9H8BrF2N/c10-4-1-6(11)9(7(12)2-4)5-3-8(5)13/h1-2,5,8H,3,13H2/t5-,8-/m1/s1. The summed E-state index contributed by atoms with van der Waals surface area (Å²) in [6.45, 7) is 0. The van der Waals surface area contributed by atoms with Crippen molar-refractivity contribution < 1.29 is 8.78 Å². The van der Waals surface area contributed by atoms with E-state index in [2.05, 4.69) is 15.9 Å². The third kappa shape index (κ3) is 1.60. The van der Waals surface area contributed by atoms with Crippen LogP contribution in [0.15, 0.2) is 16.6 Å². The Balaban J connectivity index is 2.45. The average Bonchev–Trinajstić information content (AvgIpc) is 2.64. The van der Waals surface area contributed by atoms with Crippen LogP contribution in [0.4, 0.5) is 8.78 Å². The number of hydrogen-bond donors (Lipinski definition) is 1. The third-order valence-electron chi connectivity index (χ3n) is 2.25. The van der Waals surface area contributed by atoms with Crippen LogP contribution in [0.25, 0.3) is 0 Å². The Morgan fingerprint density at radius 2 is 1.77 bits per heavy atom. The van der Waals surface area contributed by atoms with Crippen LogP contribution in [0.3, 0.4) is 0 Å². The lowest BCUT2D eigenvalue weighted by Gasteiger charge is -2.03. The van der Waals surface area contributed by atoms with Crippen molar-refractivity contribution >= 4 is 15.9 Å². The minimum Gasteiger partial charge on any atom is -0.327 e. The van der Waals surface area contributed by atoms with Gasteiger partial charge in [0, 0.05) is 22.0 Å². The summed E-state index contributed by atoms with van der Waals surface area (Å²) >= 11 is 3.02. The lowest BCUT2D eigenvalue weighted by molar-refractivity contribution is 0.554. The first kappa shape index (κ1) is 9.09. The van der Waals surface area contributed by atoms with E-state index in [1.54, 1.807) is 0 Å². The Hall–Kier alpha value is -0.480. The summed E-state index contributed by atoms with van der Waals surface area (Å²) in [5, 5.41) is 0. The van der Waals surface area contributed by atoms with Crippen molar-refractivity contribution in [1.82, 2.24) is 0 Å². The van der Waals surface area contributed by atoms with E-state index < -0.39 is 11.6 Å². The Morgan fingerprint density at radius 1 is 1.31 bits per heavy atom. The highest BCUT2D eigenvalue weighted by Gasteiger charge is 2.38. The van der Waals surface area contributed by atoms with E-state index in [1.807, 2.05) is 0 Å².